The number of nitrogens with one attached hydrogen (secondary N) is 2. The van der Waals surface area contributed by atoms with Gasteiger partial charge in [-0.1, -0.05) is 32.6 Å². The summed E-state index contributed by atoms with van der Waals surface area (Å²) >= 11 is 0. The van der Waals surface area contributed by atoms with Crippen LogP contribution in [0, 0.1) is 5.92 Å². The Morgan fingerprint density at radius 1 is 1.33 bits per heavy atom. The minimum atomic E-state index is 0. The van der Waals surface area contributed by atoms with Crippen molar-refractivity contribution in [1.82, 2.24) is 10.6 Å². The van der Waals surface area contributed by atoms with Crippen molar-refractivity contribution in [2.24, 2.45) is 5.92 Å². The second kappa shape index (κ2) is 10.6. The molecule has 18 heavy (non-hydrogen) atoms. The van der Waals surface area contributed by atoms with Crippen molar-refractivity contribution in [3.8, 4) is 0 Å². The van der Waals surface area contributed by atoms with Crippen LogP contribution in [0.15, 0.2) is 0 Å². The molecule has 0 radical (unpaired) electrons. The average Bonchev–Trinajstić information content (AvgIpc) is 2.80. The molecule has 108 valence electrons. The zero-order chi connectivity index (χ0) is 12.5. The van der Waals surface area contributed by atoms with Gasteiger partial charge in [0, 0.05) is 19.0 Å². The molecule has 0 bridgehead atoms. The molecule has 0 heterocycles. The highest BCUT2D eigenvalue weighted by Crippen LogP contribution is 2.28. The number of hydrogen-bond acceptors (Lipinski definition) is 2. The van der Waals surface area contributed by atoms with Crippen LogP contribution in [0.5, 0.6) is 0 Å². The van der Waals surface area contributed by atoms with E-state index < -0.39 is 0 Å². The Morgan fingerprint density at radius 2 is 2.00 bits per heavy atom. The molecular formula is C14H29ClN2O. The van der Waals surface area contributed by atoms with Gasteiger partial charge in [-0.05, 0) is 32.2 Å². The number of rotatable bonds is 8. The molecule has 0 aromatic carbocycles. The Bertz CT molecular complexity index is 218. The number of amides is 1. The summed E-state index contributed by atoms with van der Waals surface area (Å²) in [5, 5.41) is 6.28. The van der Waals surface area contributed by atoms with Crippen LogP contribution in [-0.4, -0.2) is 25.0 Å². The fourth-order valence-corrected chi connectivity index (χ4v) is 2.63. The van der Waals surface area contributed by atoms with Crippen molar-refractivity contribution in [3.63, 3.8) is 0 Å². The molecule has 0 spiro atoms. The zero-order valence-corrected chi connectivity index (χ0v) is 12.7. The highest BCUT2D eigenvalue weighted by Gasteiger charge is 2.14. The van der Waals surface area contributed by atoms with E-state index in [-0.39, 0.29) is 18.3 Å². The molecule has 3 nitrogen and oxygen atoms in total. The van der Waals surface area contributed by atoms with E-state index in [1.165, 1.54) is 32.1 Å². The van der Waals surface area contributed by atoms with E-state index in [0.29, 0.717) is 12.5 Å². The number of likely N-dealkylation sites (N-methyl/N-ethyl adjacent to an activating group) is 1. The van der Waals surface area contributed by atoms with Gasteiger partial charge in [-0.2, -0.15) is 0 Å². The van der Waals surface area contributed by atoms with Crippen LogP contribution in [0.1, 0.15) is 58.8 Å². The fourth-order valence-electron chi connectivity index (χ4n) is 2.63. The van der Waals surface area contributed by atoms with Gasteiger partial charge >= 0.3 is 0 Å². The van der Waals surface area contributed by atoms with Crippen LogP contribution in [-0.2, 0) is 4.79 Å². The van der Waals surface area contributed by atoms with E-state index in [4.69, 9.17) is 0 Å². The van der Waals surface area contributed by atoms with Crippen molar-refractivity contribution >= 4 is 18.3 Å². The molecule has 1 fully saturated rings. The molecule has 4 heteroatoms. The Balaban J connectivity index is 0.00000289. The second-order valence-corrected chi connectivity index (χ2v) is 5.31. The van der Waals surface area contributed by atoms with Crippen molar-refractivity contribution in [2.45, 2.75) is 64.8 Å². The molecule has 0 saturated heterocycles. The van der Waals surface area contributed by atoms with Crippen LogP contribution in [0.25, 0.3) is 0 Å². The molecule has 0 aromatic heterocycles. The van der Waals surface area contributed by atoms with Gasteiger partial charge in [-0.25, -0.2) is 0 Å². The molecule has 1 amide bonds. The van der Waals surface area contributed by atoms with Gasteiger partial charge < -0.3 is 10.6 Å². The normalized spacial score (nSPS) is 17.2. The fraction of sp³-hybridized carbons (Fsp3) is 0.929. The maximum atomic E-state index is 11.6. The molecule has 1 rings (SSSR count). The van der Waals surface area contributed by atoms with Crippen LogP contribution < -0.4 is 10.6 Å². The van der Waals surface area contributed by atoms with Crippen LogP contribution >= 0.6 is 12.4 Å². The van der Waals surface area contributed by atoms with Gasteiger partial charge in [0.15, 0.2) is 0 Å². The average molecular weight is 277 g/mol. The van der Waals surface area contributed by atoms with Gasteiger partial charge in [0.2, 0.25) is 5.91 Å². The van der Waals surface area contributed by atoms with E-state index in [9.17, 15) is 4.79 Å². The lowest BCUT2D eigenvalue weighted by Gasteiger charge is -2.13. The van der Waals surface area contributed by atoms with E-state index in [1.807, 2.05) is 0 Å². The van der Waals surface area contributed by atoms with Crippen molar-refractivity contribution < 1.29 is 4.79 Å². The minimum Gasteiger partial charge on any atom is -0.355 e. The number of carbonyl (C=O) groups excluding carboxylic acids is 1. The lowest BCUT2D eigenvalue weighted by Crippen LogP contribution is -2.38. The summed E-state index contributed by atoms with van der Waals surface area (Å²) < 4.78 is 0. The molecule has 1 aliphatic carbocycles. The van der Waals surface area contributed by atoms with E-state index >= 15 is 0 Å². The molecular weight excluding hydrogens is 248 g/mol. The monoisotopic (exact) mass is 276 g/mol. The maximum absolute atomic E-state index is 11.6. The Hall–Kier alpha value is -0.280. The SMILES string of the molecule is CCN[C@H](C)CNC(=O)CCCC1CCCC1.Cl. The van der Waals surface area contributed by atoms with Crippen molar-refractivity contribution in [2.75, 3.05) is 13.1 Å². The van der Waals surface area contributed by atoms with Gasteiger partial charge in [0.05, 0.1) is 0 Å². The molecule has 1 atom stereocenters. The zero-order valence-electron chi connectivity index (χ0n) is 11.8. The van der Waals surface area contributed by atoms with Gasteiger partial charge in [0.1, 0.15) is 0 Å². The first-order chi connectivity index (χ1) is 8.22. The standard InChI is InChI=1S/C14H28N2O.ClH/c1-3-15-12(2)11-16-14(17)10-6-9-13-7-4-5-8-13;/h12-13,15H,3-11H2,1-2H3,(H,16,17);1H/t12-;/m1./s1. The lowest BCUT2D eigenvalue weighted by atomic mass is 10.0. The van der Waals surface area contributed by atoms with Crippen LogP contribution in [0.4, 0.5) is 0 Å². The van der Waals surface area contributed by atoms with Gasteiger partial charge in [-0.15, -0.1) is 12.4 Å². The molecule has 0 unspecified atom stereocenters. The summed E-state index contributed by atoms with van der Waals surface area (Å²) in [6, 6.07) is 0.374. The largest absolute Gasteiger partial charge is 0.355 e. The van der Waals surface area contributed by atoms with E-state index in [0.717, 1.165) is 25.4 Å². The van der Waals surface area contributed by atoms with Gasteiger partial charge in [-0.3, -0.25) is 4.79 Å². The van der Waals surface area contributed by atoms with Crippen molar-refractivity contribution in [1.29, 1.82) is 0 Å². The molecule has 2 N–H and O–H groups in total. The first-order valence-corrected chi connectivity index (χ1v) is 7.22. The highest BCUT2D eigenvalue weighted by atomic mass is 35.5. The predicted molar refractivity (Wildman–Crippen MR) is 79.2 cm³/mol. The summed E-state index contributed by atoms with van der Waals surface area (Å²) in [6.07, 6.45) is 8.59. The predicted octanol–water partition coefficient (Wildman–Crippen LogP) is 2.88. The summed E-state index contributed by atoms with van der Waals surface area (Å²) in [5.74, 6) is 1.12. The number of hydrogen-bond donors (Lipinski definition) is 2. The number of carbonyl (C=O) groups is 1. The molecule has 1 aliphatic rings. The summed E-state index contributed by atoms with van der Waals surface area (Å²) in [5.41, 5.74) is 0. The van der Waals surface area contributed by atoms with E-state index in [1.54, 1.807) is 0 Å². The Morgan fingerprint density at radius 3 is 2.61 bits per heavy atom. The van der Waals surface area contributed by atoms with Crippen molar-refractivity contribution in [3.05, 3.63) is 0 Å². The number of halogens is 1. The first kappa shape index (κ1) is 17.7. The second-order valence-electron chi connectivity index (χ2n) is 5.31. The Labute approximate surface area is 118 Å². The van der Waals surface area contributed by atoms with Crippen LogP contribution in [0.3, 0.4) is 0 Å². The van der Waals surface area contributed by atoms with E-state index in [2.05, 4.69) is 24.5 Å². The van der Waals surface area contributed by atoms with Crippen LogP contribution in [0.2, 0.25) is 0 Å². The maximum Gasteiger partial charge on any atom is 0.220 e. The van der Waals surface area contributed by atoms with Gasteiger partial charge in [0.25, 0.3) is 0 Å². The lowest BCUT2D eigenvalue weighted by molar-refractivity contribution is -0.121. The quantitative estimate of drug-likeness (QED) is 0.716. The summed E-state index contributed by atoms with van der Waals surface area (Å²) in [7, 11) is 0. The highest BCUT2D eigenvalue weighted by molar-refractivity contribution is 5.85. The molecule has 0 aromatic rings. The summed E-state index contributed by atoms with van der Waals surface area (Å²) in [6.45, 7) is 5.89. The first-order valence-electron chi connectivity index (χ1n) is 7.22. The third-order valence-corrected chi connectivity index (χ3v) is 3.65. The smallest absolute Gasteiger partial charge is 0.220 e. The third kappa shape index (κ3) is 7.93. The topological polar surface area (TPSA) is 41.1 Å². The molecule has 0 aliphatic heterocycles. The molecule has 1 saturated carbocycles. The summed E-state index contributed by atoms with van der Waals surface area (Å²) in [4.78, 5) is 11.6. The Kier molecular flexibility index (Phi) is 10.5. The minimum absolute atomic E-state index is 0. The third-order valence-electron chi connectivity index (χ3n) is 3.65.